The zero-order valence-electron chi connectivity index (χ0n) is 30.2. The lowest BCUT2D eigenvalue weighted by Crippen LogP contribution is -2.10. The van der Waals surface area contributed by atoms with Gasteiger partial charge in [0.15, 0.2) is 0 Å². The van der Waals surface area contributed by atoms with E-state index >= 15 is 0 Å². The Bertz CT molecular complexity index is 3260. The van der Waals surface area contributed by atoms with Gasteiger partial charge in [0.25, 0.3) is 0 Å². The molecule has 0 radical (unpaired) electrons. The summed E-state index contributed by atoms with van der Waals surface area (Å²) in [7, 11) is 0. The van der Waals surface area contributed by atoms with Crippen LogP contribution in [0.15, 0.2) is 212 Å². The van der Waals surface area contributed by atoms with Gasteiger partial charge < -0.3 is 4.90 Å². The van der Waals surface area contributed by atoms with Crippen molar-refractivity contribution in [2.24, 2.45) is 0 Å². The van der Waals surface area contributed by atoms with Gasteiger partial charge in [-0.1, -0.05) is 164 Å². The first-order valence-electron chi connectivity index (χ1n) is 19.0. The molecule has 0 saturated heterocycles. The lowest BCUT2D eigenvalue weighted by atomic mass is 9.92. The van der Waals surface area contributed by atoms with E-state index in [0.29, 0.717) is 0 Å². The normalized spacial score (nSPS) is 11.6. The zero-order chi connectivity index (χ0) is 36.3. The van der Waals surface area contributed by atoms with Crippen LogP contribution in [0.25, 0.3) is 86.9 Å². The molecule has 0 aliphatic rings. The van der Waals surface area contributed by atoms with Crippen LogP contribution >= 0.6 is 0 Å². The van der Waals surface area contributed by atoms with Gasteiger partial charge in [-0.15, -0.1) is 0 Å². The molecule has 0 saturated carbocycles. The molecular formula is C54H35N. The highest BCUT2D eigenvalue weighted by molar-refractivity contribution is 6.15. The molecule has 1 nitrogen and oxygen atoms in total. The van der Waals surface area contributed by atoms with Gasteiger partial charge >= 0.3 is 0 Å². The van der Waals surface area contributed by atoms with Crippen LogP contribution in [0.1, 0.15) is 0 Å². The van der Waals surface area contributed by atoms with Gasteiger partial charge in [0.05, 0.1) is 0 Å². The van der Waals surface area contributed by atoms with E-state index in [4.69, 9.17) is 0 Å². The third kappa shape index (κ3) is 5.24. The average molecular weight is 698 g/mol. The predicted molar refractivity (Wildman–Crippen MR) is 237 cm³/mol. The van der Waals surface area contributed by atoms with E-state index in [0.717, 1.165) is 17.1 Å². The highest BCUT2D eigenvalue weighted by Crippen LogP contribution is 2.42. The van der Waals surface area contributed by atoms with Crippen molar-refractivity contribution in [1.82, 2.24) is 0 Å². The first-order chi connectivity index (χ1) is 27.3. The van der Waals surface area contributed by atoms with Crippen LogP contribution < -0.4 is 4.90 Å². The SMILES string of the molecule is c1cc(-c2cc3ccccc3c3ccccc23)cc(N(c2ccc(-c3cc4ccccc4c4ccccc34)cc2)c2ccc3c(ccc4ccccc43)c2)c1. The van der Waals surface area contributed by atoms with E-state index in [1.54, 1.807) is 0 Å². The van der Waals surface area contributed by atoms with Gasteiger partial charge in [-0.05, 0) is 135 Å². The van der Waals surface area contributed by atoms with Gasteiger partial charge in [0.2, 0.25) is 0 Å². The standard InChI is InChI=1S/C54H35N/c1-4-17-45-36(12-1)24-25-41-33-44(30-31-48(41)45)55(42-28-26-37(27-29-42)53-34-39-13-2-5-18-46(39)49-20-7-9-22-51(49)53)43-16-11-15-38(32-43)54-35-40-14-3-6-19-47(40)50-21-8-10-23-52(50)54/h1-35H. The topological polar surface area (TPSA) is 3.24 Å². The van der Waals surface area contributed by atoms with Gasteiger partial charge in [-0.3, -0.25) is 0 Å². The minimum absolute atomic E-state index is 1.11. The zero-order valence-corrected chi connectivity index (χ0v) is 30.2. The number of fused-ring (bicyclic) bond motifs is 9. The largest absolute Gasteiger partial charge is 0.310 e. The Kier molecular flexibility index (Phi) is 7.25. The van der Waals surface area contributed by atoms with Crippen LogP contribution in [0.3, 0.4) is 0 Å². The number of nitrogens with zero attached hydrogens (tertiary/aromatic N) is 1. The summed E-state index contributed by atoms with van der Waals surface area (Å²) >= 11 is 0. The van der Waals surface area contributed by atoms with E-state index in [1.165, 1.54) is 86.9 Å². The van der Waals surface area contributed by atoms with E-state index in [9.17, 15) is 0 Å². The smallest absolute Gasteiger partial charge is 0.0468 e. The van der Waals surface area contributed by atoms with Crippen LogP contribution in [0.2, 0.25) is 0 Å². The summed E-state index contributed by atoms with van der Waals surface area (Å²) in [4.78, 5) is 2.41. The molecule has 11 aromatic rings. The van der Waals surface area contributed by atoms with Crippen LogP contribution in [0.4, 0.5) is 17.1 Å². The van der Waals surface area contributed by atoms with E-state index in [2.05, 4.69) is 217 Å². The van der Waals surface area contributed by atoms with E-state index in [-0.39, 0.29) is 0 Å². The van der Waals surface area contributed by atoms with Gasteiger partial charge in [-0.2, -0.15) is 0 Å². The van der Waals surface area contributed by atoms with Crippen molar-refractivity contribution < 1.29 is 0 Å². The fraction of sp³-hybridized carbons (Fsp3) is 0. The molecule has 0 heterocycles. The van der Waals surface area contributed by atoms with Crippen LogP contribution in [-0.4, -0.2) is 0 Å². The molecule has 1 heteroatoms. The molecule has 0 aliphatic heterocycles. The molecule has 0 atom stereocenters. The van der Waals surface area contributed by atoms with Crippen molar-refractivity contribution in [2.75, 3.05) is 4.90 Å². The molecule has 0 aliphatic carbocycles. The molecule has 0 bridgehead atoms. The molecule has 0 unspecified atom stereocenters. The Morgan fingerprint density at radius 3 is 1.29 bits per heavy atom. The Morgan fingerprint density at radius 1 is 0.218 bits per heavy atom. The van der Waals surface area contributed by atoms with Gasteiger partial charge in [0.1, 0.15) is 0 Å². The first-order valence-corrected chi connectivity index (χ1v) is 19.0. The molecule has 256 valence electrons. The highest BCUT2D eigenvalue weighted by atomic mass is 15.1. The molecule has 11 rings (SSSR count). The van der Waals surface area contributed by atoms with Crippen LogP contribution in [-0.2, 0) is 0 Å². The molecule has 0 fully saturated rings. The molecule has 0 spiro atoms. The fourth-order valence-corrected chi connectivity index (χ4v) is 8.78. The summed E-state index contributed by atoms with van der Waals surface area (Å²) in [6.07, 6.45) is 0. The van der Waals surface area contributed by atoms with Crippen molar-refractivity contribution in [3.05, 3.63) is 212 Å². The maximum Gasteiger partial charge on any atom is 0.0468 e. The van der Waals surface area contributed by atoms with Crippen LogP contribution in [0, 0.1) is 0 Å². The Labute approximate surface area is 320 Å². The number of anilines is 3. The summed E-state index contributed by atoms with van der Waals surface area (Å²) in [6, 6.07) is 77.9. The quantitative estimate of drug-likeness (QED) is 0.162. The predicted octanol–water partition coefficient (Wildman–Crippen LogP) is 15.4. The van der Waals surface area contributed by atoms with Crippen molar-refractivity contribution >= 4 is 81.7 Å². The lowest BCUT2D eigenvalue weighted by molar-refractivity contribution is 1.29. The maximum absolute atomic E-state index is 2.41. The molecule has 55 heavy (non-hydrogen) atoms. The Morgan fingerprint density at radius 2 is 0.655 bits per heavy atom. The third-order valence-corrected chi connectivity index (χ3v) is 11.4. The minimum Gasteiger partial charge on any atom is -0.310 e. The third-order valence-electron chi connectivity index (χ3n) is 11.4. The summed E-state index contributed by atoms with van der Waals surface area (Å²) in [5, 5.41) is 15.2. The summed E-state index contributed by atoms with van der Waals surface area (Å²) in [6.45, 7) is 0. The number of benzene rings is 11. The van der Waals surface area contributed by atoms with E-state index in [1.807, 2.05) is 0 Å². The maximum atomic E-state index is 2.41. The average Bonchev–Trinajstić information content (AvgIpc) is 3.26. The minimum atomic E-state index is 1.11. The summed E-state index contributed by atoms with van der Waals surface area (Å²) in [5.74, 6) is 0. The summed E-state index contributed by atoms with van der Waals surface area (Å²) < 4.78 is 0. The monoisotopic (exact) mass is 697 g/mol. The first kappa shape index (κ1) is 31.3. The van der Waals surface area contributed by atoms with Crippen molar-refractivity contribution in [3.63, 3.8) is 0 Å². The highest BCUT2D eigenvalue weighted by Gasteiger charge is 2.17. The molecule has 0 aromatic heterocycles. The van der Waals surface area contributed by atoms with Crippen molar-refractivity contribution in [3.8, 4) is 22.3 Å². The molecule has 0 N–H and O–H groups in total. The van der Waals surface area contributed by atoms with Gasteiger partial charge in [0, 0.05) is 17.1 Å². The van der Waals surface area contributed by atoms with Crippen molar-refractivity contribution in [1.29, 1.82) is 0 Å². The molecular weight excluding hydrogens is 663 g/mol. The Hall–Kier alpha value is -7.22. The van der Waals surface area contributed by atoms with E-state index < -0.39 is 0 Å². The molecule has 0 amide bonds. The summed E-state index contributed by atoms with van der Waals surface area (Å²) in [5.41, 5.74) is 8.21. The van der Waals surface area contributed by atoms with Gasteiger partial charge in [-0.25, -0.2) is 0 Å². The second kappa shape index (κ2) is 12.7. The number of rotatable bonds is 5. The van der Waals surface area contributed by atoms with Crippen LogP contribution in [0.5, 0.6) is 0 Å². The second-order valence-electron chi connectivity index (χ2n) is 14.5. The number of hydrogen-bond donors (Lipinski definition) is 0. The number of hydrogen-bond acceptors (Lipinski definition) is 1. The molecule has 11 aromatic carbocycles. The van der Waals surface area contributed by atoms with Crippen molar-refractivity contribution in [2.45, 2.75) is 0 Å². The second-order valence-corrected chi connectivity index (χ2v) is 14.5. The fourth-order valence-electron chi connectivity index (χ4n) is 8.78. The lowest BCUT2D eigenvalue weighted by Gasteiger charge is -2.27. The Balaban J connectivity index is 1.09.